The molecule has 0 bridgehead atoms. The highest BCUT2D eigenvalue weighted by Crippen LogP contribution is 2.39. The molecule has 1 aromatic heterocycles. The summed E-state index contributed by atoms with van der Waals surface area (Å²) in [6.45, 7) is 2.06. The number of methoxy groups -OCH3 is 1. The highest BCUT2D eigenvalue weighted by Gasteiger charge is 2.39. The molecule has 0 radical (unpaired) electrons. The number of aryl methyl sites for hydroxylation is 2. The molecule has 2 rings (SSSR count). The van der Waals surface area contributed by atoms with Crippen LogP contribution in [0.2, 0.25) is 5.02 Å². The van der Waals surface area contributed by atoms with Crippen LogP contribution in [0.4, 0.5) is 0 Å². The number of hydrogen-bond acceptors (Lipinski definition) is 4. The predicted octanol–water partition coefficient (Wildman–Crippen LogP) is 1.97. The summed E-state index contributed by atoms with van der Waals surface area (Å²) >= 11 is 6.40. The minimum absolute atomic E-state index is 0.00427. The van der Waals surface area contributed by atoms with Gasteiger partial charge in [0.2, 0.25) is 0 Å². The van der Waals surface area contributed by atoms with Crippen LogP contribution in [-0.4, -0.2) is 28.5 Å². The van der Waals surface area contributed by atoms with Gasteiger partial charge in [-0.3, -0.25) is 16.0 Å². The first kappa shape index (κ1) is 15.8. The van der Waals surface area contributed by atoms with Crippen molar-refractivity contribution in [2.24, 2.45) is 12.9 Å². The summed E-state index contributed by atoms with van der Waals surface area (Å²) in [6, 6.07) is 0.146. The van der Waals surface area contributed by atoms with E-state index in [1.165, 1.54) is 6.42 Å². The number of hydrogen-bond donors (Lipinski definition) is 2. The average Bonchev–Trinajstić information content (AvgIpc) is 2.68. The van der Waals surface area contributed by atoms with Gasteiger partial charge in [0.05, 0.1) is 22.0 Å². The molecule has 0 saturated heterocycles. The molecule has 1 aliphatic carbocycles. The molecule has 114 valence electrons. The van der Waals surface area contributed by atoms with E-state index in [-0.39, 0.29) is 11.6 Å². The largest absolute Gasteiger partial charge is 0.378 e. The summed E-state index contributed by atoms with van der Waals surface area (Å²) in [6.07, 6.45) is 5.97. The molecule has 0 aromatic carbocycles. The summed E-state index contributed by atoms with van der Waals surface area (Å²) in [5.41, 5.74) is 4.89. The Bertz CT molecular complexity index is 451. The molecule has 5 nitrogen and oxygen atoms in total. The summed E-state index contributed by atoms with van der Waals surface area (Å²) in [5, 5.41) is 5.23. The first-order valence-electron chi connectivity index (χ1n) is 7.26. The minimum Gasteiger partial charge on any atom is -0.378 e. The summed E-state index contributed by atoms with van der Waals surface area (Å²) in [7, 11) is 3.72. The fraction of sp³-hybridized carbons (Fsp3) is 0.786. The Morgan fingerprint density at radius 2 is 2.25 bits per heavy atom. The standard InChI is InChI=1S/C14H25ClN4O/c1-4-11-13(15)12(19(2)18-11)8-10(17-16)9-14(20-3)6-5-7-14/h10,17H,4-9,16H2,1-3H3. The van der Waals surface area contributed by atoms with E-state index in [1.807, 2.05) is 11.7 Å². The van der Waals surface area contributed by atoms with Crippen molar-refractivity contribution >= 4 is 11.6 Å². The lowest BCUT2D eigenvalue weighted by Crippen LogP contribution is -2.48. The number of nitrogens with one attached hydrogen (secondary N) is 1. The summed E-state index contributed by atoms with van der Waals surface area (Å²) < 4.78 is 7.55. The van der Waals surface area contributed by atoms with E-state index in [9.17, 15) is 0 Å². The number of nitrogens with zero attached hydrogens (tertiary/aromatic N) is 2. The maximum Gasteiger partial charge on any atom is 0.0850 e. The number of hydrazine groups is 1. The lowest BCUT2D eigenvalue weighted by molar-refractivity contribution is -0.0835. The zero-order chi connectivity index (χ0) is 14.8. The smallest absolute Gasteiger partial charge is 0.0850 e. The van der Waals surface area contributed by atoms with Gasteiger partial charge >= 0.3 is 0 Å². The van der Waals surface area contributed by atoms with Crippen LogP contribution in [0.25, 0.3) is 0 Å². The average molecular weight is 301 g/mol. The van der Waals surface area contributed by atoms with Crippen LogP contribution in [0.15, 0.2) is 0 Å². The van der Waals surface area contributed by atoms with E-state index in [0.29, 0.717) is 0 Å². The third kappa shape index (κ3) is 3.01. The van der Waals surface area contributed by atoms with E-state index >= 15 is 0 Å². The Morgan fingerprint density at radius 1 is 1.55 bits per heavy atom. The quantitative estimate of drug-likeness (QED) is 0.597. The van der Waals surface area contributed by atoms with Crippen molar-refractivity contribution in [2.45, 2.75) is 57.1 Å². The summed E-state index contributed by atoms with van der Waals surface area (Å²) in [5.74, 6) is 5.72. The molecule has 1 saturated carbocycles. The Labute approximate surface area is 125 Å². The van der Waals surface area contributed by atoms with Crippen LogP contribution in [0.5, 0.6) is 0 Å². The molecule has 1 aromatic rings. The molecule has 6 heteroatoms. The maximum absolute atomic E-state index is 6.40. The van der Waals surface area contributed by atoms with Gasteiger partial charge in [0.15, 0.2) is 0 Å². The lowest BCUT2D eigenvalue weighted by Gasteiger charge is -2.42. The molecular weight excluding hydrogens is 276 g/mol. The van der Waals surface area contributed by atoms with E-state index in [0.717, 1.165) is 48.5 Å². The molecule has 0 spiro atoms. The first-order valence-corrected chi connectivity index (χ1v) is 7.64. The Balaban J connectivity index is 2.08. The highest BCUT2D eigenvalue weighted by molar-refractivity contribution is 6.31. The molecule has 1 heterocycles. The third-order valence-electron chi connectivity index (χ3n) is 4.49. The van der Waals surface area contributed by atoms with Gasteiger partial charge < -0.3 is 4.74 Å². The Morgan fingerprint density at radius 3 is 2.65 bits per heavy atom. The van der Waals surface area contributed by atoms with E-state index < -0.39 is 0 Å². The van der Waals surface area contributed by atoms with Crippen molar-refractivity contribution in [1.82, 2.24) is 15.2 Å². The zero-order valence-corrected chi connectivity index (χ0v) is 13.3. The minimum atomic E-state index is -0.00427. The lowest BCUT2D eigenvalue weighted by atomic mass is 9.75. The van der Waals surface area contributed by atoms with E-state index in [4.69, 9.17) is 22.2 Å². The van der Waals surface area contributed by atoms with Crippen molar-refractivity contribution in [3.05, 3.63) is 16.4 Å². The number of ether oxygens (including phenoxy) is 1. The Hall–Kier alpha value is -0.620. The van der Waals surface area contributed by atoms with Gasteiger partial charge in [0.25, 0.3) is 0 Å². The fourth-order valence-corrected chi connectivity index (χ4v) is 3.35. The second-order valence-corrected chi connectivity index (χ2v) is 6.08. The number of rotatable bonds is 7. The number of nitrogens with two attached hydrogens (primary N) is 1. The predicted molar refractivity (Wildman–Crippen MR) is 80.6 cm³/mol. The topological polar surface area (TPSA) is 65.1 Å². The monoisotopic (exact) mass is 300 g/mol. The first-order chi connectivity index (χ1) is 9.55. The molecule has 0 amide bonds. The molecule has 1 aliphatic rings. The van der Waals surface area contributed by atoms with Crippen molar-refractivity contribution in [3.8, 4) is 0 Å². The molecular formula is C14H25ClN4O. The second kappa shape index (κ2) is 6.43. The number of aromatic nitrogens is 2. The molecule has 0 aliphatic heterocycles. The van der Waals surface area contributed by atoms with Crippen LogP contribution in [-0.2, 0) is 24.6 Å². The number of halogens is 1. The van der Waals surface area contributed by atoms with Gasteiger partial charge in [-0.1, -0.05) is 18.5 Å². The van der Waals surface area contributed by atoms with E-state index in [2.05, 4.69) is 17.4 Å². The third-order valence-corrected chi connectivity index (χ3v) is 4.93. The Kier molecular flexibility index (Phi) is 5.07. The molecule has 3 N–H and O–H groups in total. The van der Waals surface area contributed by atoms with Crippen LogP contribution in [0, 0.1) is 0 Å². The van der Waals surface area contributed by atoms with Crippen LogP contribution >= 0.6 is 11.6 Å². The highest BCUT2D eigenvalue weighted by atomic mass is 35.5. The van der Waals surface area contributed by atoms with Gasteiger partial charge in [-0.05, 0) is 32.1 Å². The van der Waals surface area contributed by atoms with Crippen molar-refractivity contribution < 1.29 is 4.74 Å². The van der Waals surface area contributed by atoms with Gasteiger partial charge in [-0.2, -0.15) is 5.10 Å². The van der Waals surface area contributed by atoms with Crippen molar-refractivity contribution in [1.29, 1.82) is 0 Å². The summed E-state index contributed by atoms with van der Waals surface area (Å²) in [4.78, 5) is 0. The van der Waals surface area contributed by atoms with Gasteiger partial charge in [-0.15, -0.1) is 0 Å². The molecule has 1 fully saturated rings. The van der Waals surface area contributed by atoms with Crippen molar-refractivity contribution in [2.75, 3.05) is 7.11 Å². The second-order valence-electron chi connectivity index (χ2n) is 5.70. The normalized spacial score (nSPS) is 18.9. The molecule has 1 atom stereocenters. The van der Waals surface area contributed by atoms with Crippen LogP contribution < -0.4 is 11.3 Å². The molecule has 1 unspecified atom stereocenters. The van der Waals surface area contributed by atoms with Gasteiger partial charge in [-0.25, -0.2) is 0 Å². The maximum atomic E-state index is 6.40. The van der Waals surface area contributed by atoms with Crippen molar-refractivity contribution in [3.63, 3.8) is 0 Å². The van der Waals surface area contributed by atoms with Gasteiger partial charge in [0, 0.05) is 26.6 Å². The zero-order valence-electron chi connectivity index (χ0n) is 12.6. The fourth-order valence-electron chi connectivity index (χ4n) is 2.98. The van der Waals surface area contributed by atoms with Crippen LogP contribution in [0.1, 0.15) is 44.0 Å². The van der Waals surface area contributed by atoms with Gasteiger partial charge in [0.1, 0.15) is 0 Å². The van der Waals surface area contributed by atoms with E-state index in [1.54, 1.807) is 7.11 Å². The molecule has 20 heavy (non-hydrogen) atoms. The van der Waals surface area contributed by atoms with Crippen LogP contribution in [0.3, 0.4) is 0 Å². The SMILES string of the molecule is CCc1nn(C)c(CC(CC2(OC)CCC2)NN)c1Cl.